The fourth-order valence-electron chi connectivity index (χ4n) is 1.56. The highest BCUT2D eigenvalue weighted by atomic mass is 79.9. The Kier molecular flexibility index (Phi) is 3.86. The summed E-state index contributed by atoms with van der Waals surface area (Å²) in [5.74, 6) is 0.693. The van der Waals surface area contributed by atoms with E-state index in [2.05, 4.69) is 38.0 Å². The highest BCUT2D eigenvalue weighted by Crippen LogP contribution is 2.15. The lowest BCUT2D eigenvalue weighted by atomic mass is 10.1. The first-order valence-electron chi connectivity index (χ1n) is 5.44. The molecule has 0 aliphatic carbocycles. The zero-order valence-electron chi connectivity index (χ0n) is 9.60. The number of rotatable bonds is 3. The second kappa shape index (κ2) is 5.38. The Balaban J connectivity index is 2.08. The van der Waals surface area contributed by atoms with Crippen LogP contribution in [0.15, 0.2) is 41.1 Å². The van der Waals surface area contributed by atoms with E-state index in [0.29, 0.717) is 5.82 Å². The van der Waals surface area contributed by atoms with Crippen molar-refractivity contribution in [1.29, 1.82) is 0 Å². The monoisotopic (exact) mass is 291 g/mol. The number of hydrogen-bond acceptors (Lipinski definition) is 3. The Morgan fingerprint density at radius 1 is 1.18 bits per heavy atom. The molecule has 4 heteroatoms. The van der Waals surface area contributed by atoms with Gasteiger partial charge in [-0.15, -0.1) is 0 Å². The van der Waals surface area contributed by atoms with Crippen molar-refractivity contribution in [2.45, 2.75) is 19.4 Å². The second-order valence-electron chi connectivity index (χ2n) is 4.06. The molecule has 0 fully saturated rings. The van der Waals surface area contributed by atoms with Gasteiger partial charge in [-0.1, -0.05) is 28.1 Å². The van der Waals surface area contributed by atoms with Crippen LogP contribution in [0.5, 0.6) is 0 Å². The van der Waals surface area contributed by atoms with Crippen LogP contribution in [0.25, 0.3) is 0 Å². The number of hydrogen-bond donors (Lipinski definition) is 1. The molecule has 1 heterocycles. The number of benzene rings is 1. The summed E-state index contributed by atoms with van der Waals surface area (Å²) in [6.45, 7) is 1.96. The molecule has 0 bridgehead atoms. The Hall–Kier alpha value is -1.26. The van der Waals surface area contributed by atoms with Gasteiger partial charge in [0.05, 0.1) is 6.04 Å². The van der Waals surface area contributed by atoms with Crippen LogP contribution in [-0.2, 0) is 6.42 Å². The maximum atomic E-state index is 6.08. The summed E-state index contributed by atoms with van der Waals surface area (Å²) in [7, 11) is 0. The van der Waals surface area contributed by atoms with Crippen molar-refractivity contribution in [2.24, 2.45) is 5.73 Å². The largest absolute Gasteiger partial charge is 0.321 e. The Labute approximate surface area is 109 Å². The minimum Gasteiger partial charge on any atom is -0.321 e. The molecule has 0 aliphatic rings. The predicted molar refractivity (Wildman–Crippen MR) is 71.5 cm³/mol. The topological polar surface area (TPSA) is 51.8 Å². The van der Waals surface area contributed by atoms with Crippen LogP contribution in [0, 0.1) is 6.92 Å². The first kappa shape index (κ1) is 12.2. The van der Waals surface area contributed by atoms with Gasteiger partial charge in [-0.05, 0) is 36.6 Å². The van der Waals surface area contributed by atoms with Crippen molar-refractivity contribution in [1.82, 2.24) is 9.97 Å². The molecule has 88 valence electrons. The maximum absolute atomic E-state index is 6.08. The predicted octanol–water partition coefficient (Wildman–Crippen LogP) is 2.79. The highest BCUT2D eigenvalue weighted by molar-refractivity contribution is 9.10. The molecule has 0 aliphatic heterocycles. The van der Waals surface area contributed by atoms with E-state index in [-0.39, 0.29) is 6.04 Å². The molecular weight excluding hydrogens is 278 g/mol. The molecular formula is C13H14BrN3. The van der Waals surface area contributed by atoms with Crippen molar-refractivity contribution in [3.63, 3.8) is 0 Å². The Morgan fingerprint density at radius 3 is 2.35 bits per heavy atom. The molecule has 2 N–H and O–H groups in total. The third-order valence-corrected chi connectivity index (χ3v) is 3.03. The van der Waals surface area contributed by atoms with Crippen molar-refractivity contribution in [3.05, 3.63) is 58.1 Å². The van der Waals surface area contributed by atoms with E-state index in [1.165, 1.54) is 5.56 Å². The number of nitrogens with zero attached hydrogens (tertiary/aromatic N) is 2. The van der Waals surface area contributed by atoms with Crippen LogP contribution in [-0.4, -0.2) is 9.97 Å². The first-order valence-corrected chi connectivity index (χ1v) is 6.23. The van der Waals surface area contributed by atoms with E-state index < -0.39 is 0 Å². The smallest absolute Gasteiger partial charge is 0.145 e. The molecule has 1 unspecified atom stereocenters. The van der Waals surface area contributed by atoms with E-state index in [9.17, 15) is 0 Å². The van der Waals surface area contributed by atoms with Gasteiger partial charge in [0.15, 0.2) is 0 Å². The number of nitrogens with two attached hydrogens (primary N) is 1. The molecule has 0 saturated carbocycles. The van der Waals surface area contributed by atoms with Crippen LogP contribution < -0.4 is 5.73 Å². The second-order valence-corrected chi connectivity index (χ2v) is 4.97. The van der Waals surface area contributed by atoms with Crippen LogP contribution in [0.1, 0.15) is 23.0 Å². The van der Waals surface area contributed by atoms with Gasteiger partial charge in [0.1, 0.15) is 5.82 Å². The van der Waals surface area contributed by atoms with Crippen LogP contribution in [0.4, 0.5) is 0 Å². The standard InChI is InChI=1S/C13H14BrN3/c1-9-7-16-13(17-8-9)12(15)6-10-2-4-11(14)5-3-10/h2-5,7-8,12H,6,15H2,1H3. The maximum Gasteiger partial charge on any atom is 0.145 e. The average molecular weight is 292 g/mol. The molecule has 2 rings (SSSR count). The summed E-state index contributed by atoms with van der Waals surface area (Å²) in [6.07, 6.45) is 4.34. The van der Waals surface area contributed by atoms with Gasteiger partial charge in [0, 0.05) is 16.9 Å². The molecule has 1 aromatic heterocycles. The third kappa shape index (κ3) is 3.35. The fourth-order valence-corrected chi connectivity index (χ4v) is 1.82. The highest BCUT2D eigenvalue weighted by Gasteiger charge is 2.09. The lowest BCUT2D eigenvalue weighted by Gasteiger charge is -2.10. The van der Waals surface area contributed by atoms with E-state index >= 15 is 0 Å². The van der Waals surface area contributed by atoms with Crippen molar-refractivity contribution in [3.8, 4) is 0 Å². The quantitative estimate of drug-likeness (QED) is 0.946. The lowest BCUT2D eigenvalue weighted by Crippen LogP contribution is -2.16. The van der Waals surface area contributed by atoms with E-state index in [4.69, 9.17) is 5.73 Å². The van der Waals surface area contributed by atoms with Crippen molar-refractivity contribution in [2.75, 3.05) is 0 Å². The molecule has 1 atom stereocenters. The third-order valence-electron chi connectivity index (χ3n) is 2.50. The van der Waals surface area contributed by atoms with Crippen LogP contribution >= 0.6 is 15.9 Å². The zero-order valence-corrected chi connectivity index (χ0v) is 11.2. The van der Waals surface area contributed by atoms with Gasteiger partial charge in [-0.3, -0.25) is 0 Å². The van der Waals surface area contributed by atoms with E-state index in [1.54, 1.807) is 12.4 Å². The fraction of sp³-hybridized carbons (Fsp3) is 0.231. The normalized spacial score (nSPS) is 12.4. The van der Waals surface area contributed by atoms with Crippen LogP contribution in [0.3, 0.4) is 0 Å². The van der Waals surface area contributed by atoms with E-state index in [0.717, 1.165) is 16.5 Å². The summed E-state index contributed by atoms with van der Waals surface area (Å²) in [5, 5.41) is 0. The van der Waals surface area contributed by atoms with Gasteiger partial charge in [0.2, 0.25) is 0 Å². The zero-order chi connectivity index (χ0) is 12.3. The number of aryl methyl sites for hydroxylation is 1. The molecule has 0 spiro atoms. The molecule has 0 saturated heterocycles. The SMILES string of the molecule is Cc1cnc(C(N)Cc2ccc(Br)cc2)nc1. The molecule has 17 heavy (non-hydrogen) atoms. The summed E-state index contributed by atoms with van der Waals surface area (Å²) in [5.41, 5.74) is 8.31. The van der Waals surface area contributed by atoms with Gasteiger partial charge in [-0.2, -0.15) is 0 Å². The van der Waals surface area contributed by atoms with Gasteiger partial charge in [-0.25, -0.2) is 9.97 Å². The van der Waals surface area contributed by atoms with Gasteiger partial charge < -0.3 is 5.73 Å². The van der Waals surface area contributed by atoms with E-state index in [1.807, 2.05) is 19.1 Å². The van der Waals surface area contributed by atoms with Crippen LogP contribution in [0.2, 0.25) is 0 Å². The van der Waals surface area contributed by atoms with Crippen molar-refractivity contribution < 1.29 is 0 Å². The van der Waals surface area contributed by atoms with Crippen molar-refractivity contribution >= 4 is 15.9 Å². The van der Waals surface area contributed by atoms with Gasteiger partial charge in [0.25, 0.3) is 0 Å². The minimum absolute atomic E-state index is 0.156. The Bertz CT molecular complexity index is 479. The molecule has 0 amide bonds. The minimum atomic E-state index is -0.156. The molecule has 0 radical (unpaired) electrons. The number of aromatic nitrogens is 2. The summed E-state index contributed by atoms with van der Waals surface area (Å²) in [4.78, 5) is 8.49. The summed E-state index contributed by atoms with van der Waals surface area (Å²) >= 11 is 3.41. The Morgan fingerprint density at radius 2 is 1.76 bits per heavy atom. The molecule has 1 aromatic carbocycles. The summed E-state index contributed by atoms with van der Waals surface area (Å²) in [6, 6.07) is 7.98. The molecule has 3 nitrogen and oxygen atoms in total. The lowest BCUT2D eigenvalue weighted by molar-refractivity contribution is 0.665. The average Bonchev–Trinajstić information content (AvgIpc) is 2.33. The summed E-state index contributed by atoms with van der Waals surface area (Å²) < 4.78 is 1.07. The first-order chi connectivity index (χ1) is 8.15. The number of halogens is 1. The molecule has 2 aromatic rings. The van der Waals surface area contributed by atoms with Gasteiger partial charge >= 0.3 is 0 Å².